The van der Waals surface area contributed by atoms with E-state index in [1.165, 1.54) is 56.6 Å². The van der Waals surface area contributed by atoms with Gasteiger partial charge in [-0.05, 0) is 68.1 Å². The third-order valence-electron chi connectivity index (χ3n) is 8.10. The SMILES string of the molecule is COc1ccc(S(=O)(=O)N(CC(=O)N(Cc2ccccc2C)C(C)C(=O)NC2CCCC2)c2cc(Cl)ccc2OC)cc1OC. The van der Waals surface area contributed by atoms with Crippen molar-refractivity contribution in [3.05, 3.63) is 76.8 Å². The van der Waals surface area contributed by atoms with Crippen LogP contribution >= 0.6 is 11.6 Å². The molecule has 242 valence electrons. The van der Waals surface area contributed by atoms with Crippen LogP contribution in [0.2, 0.25) is 5.02 Å². The van der Waals surface area contributed by atoms with Gasteiger partial charge in [0.05, 0.1) is 31.9 Å². The van der Waals surface area contributed by atoms with E-state index in [0.29, 0.717) is 5.75 Å². The Morgan fingerprint density at radius 2 is 1.58 bits per heavy atom. The Hall–Kier alpha value is -3.96. The van der Waals surface area contributed by atoms with E-state index in [4.69, 9.17) is 25.8 Å². The number of ether oxygens (including phenoxy) is 3. The summed E-state index contributed by atoms with van der Waals surface area (Å²) >= 11 is 6.34. The first kappa shape index (κ1) is 33.9. The third kappa shape index (κ3) is 7.83. The van der Waals surface area contributed by atoms with Crippen molar-refractivity contribution in [3.8, 4) is 17.2 Å². The first-order valence-electron chi connectivity index (χ1n) is 14.7. The number of anilines is 1. The van der Waals surface area contributed by atoms with Gasteiger partial charge in [0, 0.05) is 23.7 Å². The highest BCUT2D eigenvalue weighted by atomic mass is 35.5. The first-order valence-corrected chi connectivity index (χ1v) is 16.5. The largest absolute Gasteiger partial charge is 0.495 e. The molecule has 45 heavy (non-hydrogen) atoms. The van der Waals surface area contributed by atoms with Crippen molar-refractivity contribution in [2.24, 2.45) is 0 Å². The summed E-state index contributed by atoms with van der Waals surface area (Å²) in [6.45, 7) is 3.04. The number of nitrogens with one attached hydrogen (secondary N) is 1. The van der Waals surface area contributed by atoms with Crippen LogP contribution in [-0.4, -0.2) is 65.1 Å². The molecule has 1 N–H and O–H groups in total. The molecule has 0 bridgehead atoms. The summed E-state index contributed by atoms with van der Waals surface area (Å²) in [5, 5.41) is 3.32. The minimum atomic E-state index is -4.42. The lowest BCUT2D eigenvalue weighted by Gasteiger charge is -2.33. The zero-order chi connectivity index (χ0) is 32.7. The van der Waals surface area contributed by atoms with Crippen LogP contribution in [0.3, 0.4) is 0 Å². The van der Waals surface area contributed by atoms with Gasteiger partial charge in [0.25, 0.3) is 10.0 Å². The summed E-state index contributed by atoms with van der Waals surface area (Å²) in [7, 11) is -0.181. The number of nitrogens with zero attached hydrogens (tertiary/aromatic N) is 2. The monoisotopic (exact) mass is 657 g/mol. The minimum Gasteiger partial charge on any atom is -0.495 e. The second-order valence-corrected chi connectivity index (χ2v) is 13.3. The van der Waals surface area contributed by atoms with Crippen LogP contribution in [0.15, 0.2) is 65.6 Å². The van der Waals surface area contributed by atoms with Gasteiger partial charge in [-0.3, -0.25) is 13.9 Å². The normalized spacial score (nSPS) is 14.0. The molecule has 12 heteroatoms. The molecule has 1 aliphatic rings. The molecule has 1 saturated carbocycles. The lowest BCUT2D eigenvalue weighted by molar-refractivity contribution is -0.139. The summed E-state index contributed by atoms with van der Waals surface area (Å²) in [5.74, 6) is -0.155. The second-order valence-electron chi connectivity index (χ2n) is 11.0. The topological polar surface area (TPSA) is 114 Å². The molecule has 3 aromatic carbocycles. The number of carbonyl (C=O) groups is 2. The number of hydrogen-bond donors (Lipinski definition) is 1. The highest BCUT2D eigenvalue weighted by Crippen LogP contribution is 2.37. The van der Waals surface area contributed by atoms with Gasteiger partial charge in [0.2, 0.25) is 11.8 Å². The summed E-state index contributed by atoms with van der Waals surface area (Å²) in [4.78, 5) is 29.1. The molecule has 2 amide bonds. The summed E-state index contributed by atoms with van der Waals surface area (Å²) in [6, 6.07) is 15.4. The van der Waals surface area contributed by atoms with Crippen molar-refractivity contribution in [2.75, 3.05) is 32.2 Å². The molecule has 1 aliphatic carbocycles. The molecular formula is C33H40ClN3O7S. The Bertz CT molecular complexity index is 1630. The Balaban J connectivity index is 1.78. The fourth-order valence-corrected chi connectivity index (χ4v) is 7.02. The van der Waals surface area contributed by atoms with E-state index in [2.05, 4.69) is 5.32 Å². The maximum Gasteiger partial charge on any atom is 0.265 e. The molecular weight excluding hydrogens is 618 g/mol. The number of halogens is 1. The van der Waals surface area contributed by atoms with Gasteiger partial charge in [0.15, 0.2) is 11.5 Å². The maximum absolute atomic E-state index is 14.4. The lowest BCUT2D eigenvalue weighted by atomic mass is 10.1. The Morgan fingerprint density at radius 3 is 2.22 bits per heavy atom. The van der Waals surface area contributed by atoms with Crippen LogP contribution in [0.1, 0.15) is 43.7 Å². The highest BCUT2D eigenvalue weighted by Gasteiger charge is 2.35. The van der Waals surface area contributed by atoms with Gasteiger partial charge >= 0.3 is 0 Å². The molecule has 0 radical (unpaired) electrons. The molecule has 1 unspecified atom stereocenters. The number of methoxy groups -OCH3 is 3. The number of benzene rings is 3. The number of sulfonamides is 1. The number of amides is 2. The van der Waals surface area contributed by atoms with E-state index in [0.717, 1.165) is 41.1 Å². The third-order valence-corrected chi connectivity index (χ3v) is 10.1. The molecule has 10 nitrogen and oxygen atoms in total. The van der Waals surface area contributed by atoms with Gasteiger partial charge in [-0.2, -0.15) is 0 Å². The van der Waals surface area contributed by atoms with Gasteiger partial charge in [-0.25, -0.2) is 8.42 Å². The van der Waals surface area contributed by atoms with Crippen molar-refractivity contribution < 1.29 is 32.2 Å². The zero-order valence-electron chi connectivity index (χ0n) is 26.2. The molecule has 0 aromatic heterocycles. The van der Waals surface area contributed by atoms with E-state index in [1.807, 2.05) is 31.2 Å². The van der Waals surface area contributed by atoms with Crippen LogP contribution in [0.25, 0.3) is 0 Å². The molecule has 0 heterocycles. The zero-order valence-corrected chi connectivity index (χ0v) is 27.8. The predicted octanol–water partition coefficient (Wildman–Crippen LogP) is 5.35. The van der Waals surface area contributed by atoms with E-state index in [-0.39, 0.29) is 45.6 Å². The van der Waals surface area contributed by atoms with Crippen molar-refractivity contribution in [1.29, 1.82) is 0 Å². The smallest absolute Gasteiger partial charge is 0.265 e. The van der Waals surface area contributed by atoms with Crippen LogP contribution in [-0.2, 0) is 26.2 Å². The Morgan fingerprint density at radius 1 is 0.933 bits per heavy atom. The van der Waals surface area contributed by atoms with Crippen LogP contribution in [0.4, 0.5) is 5.69 Å². The number of carbonyl (C=O) groups excluding carboxylic acids is 2. The summed E-state index contributed by atoms with van der Waals surface area (Å²) < 4.78 is 45.8. The fraction of sp³-hybridized carbons (Fsp3) is 0.394. The molecule has 3 aromatic rings. The van der Waals surface area contributed by atoms with E-state index in [1.54, 1.807) is 13.0 Å². The lowest BCUT2D eigenvalue weighted by Crippen LogP contribution is -2.52. The van der Waals surface area contributed by atoms with Crippen molar-refractivity contribution in [3.63, 3.8) is 0 Å². The summed E-state index contributed by atoms with van der Waals surface area (Å²) in [6.07, 6.45) is 3.84. The molecule has 0 saturated heterocycles. The van der Waals surface area contributed by atoms with Crippen LogP contribution in [0.5, 0.6) is 17.2 Å². The van der Waals surface area contributed by atoms with Gasteiger partial charge in [-0.15, -0.1) is 0 Å². The van der Waals surface area contributed by atoms with Crippen LogP contribution in [0, 0.1) is 6.92 Å². The molecule has 4 rings (SSSR count). The van der Waals surface area contributed by atoms with E-state index in [9.17, 15) is 18.0 Å². The fourth-order valence-electron chi connectivity index (χ4n) is 5.42. The Kier molecular flexibility index (Phi) is 11.2. The second kappa shape index (κ2) is 14.9. The quantitative estimate of drug-likeness (QED) is 0.264. The van der Waals surface area contributed by atoms with E-state index < -0.39 is 28.5 Å². The van der Waals surface area contributed by atoms with Gasteiger partial charge in [-0.1, -0.05) is 48.7 Å². The molecule has 0 aliphatic heterocycles. The maximum atomic E-state index is 14.4. The minimum absolute atomic E-state index is 0.0491. The van der Waals surface area contributed by atoms with Crippen molar-refractivity contribution in [2.45, 2.75) is 63.1 Å². The summed E-state index contributed by atoms with van der Waals surface area (Å²) in [5.41, 5.74) is 1.83. The predicted molar refractivity (Wildman–Crippen MR) is 174 cm³/mol. The first-order chi connectivity index (χ1) is 21.5. The van der Waals surface area contributed by atoms with Crippen molar-refractivity contribution >= 4 is 39.1 Å². The average Bonchev–Trinajstić information content (AvgIpc) is 3.55. The molecule has 1 fully saturated rings. The molecule has 0 spiro atoms. The standard InChI is InChI=1S/C33H40ClN3O7S/c1-22-10-6-7-11-24(22)20-36(23(2)33(39)35-26-12-8-9-13-26)32(38)21-37(28-18-25(34)14-16-29(28)42-3)45(40,41)27-15-17-30(43-4)31(19-27)44-5/h6-7,10-11,14-19,23,26H,8-9,12-13,20-21H2,1-5H3,(H,35,39). The highest BCUT2D eigenvalue weighted by molar-refractivity contribution is 7.92. The van der Waals surface area contributed by atoms with Crippen LogP contribution < -0.4 is 23.8 Å². The number of rotatable bonds is 13. The van der Waals surface area contributed by atoms with Gasteiger partial charge in [0.1, 0.15) is 18.3 Å². The van der Waals surface area contributed by atoms with Crippen molar-refractivity contribution in [1.82, 2.24) is 10.2 Å². The number of aryl methyl sites for hydroxylation is 1. The average molecular weight is 658 g/mol. The molecule has 1 atom stereocenters. The Labute approximate surface area is 270 Å². The number of hydrogen-bond acceptors (Lipinski definition) is 7. The van der Waals surface area contributed by atoms with Gasteiger partial charge < -0.3 is 24.4 Å². The van der Waals surface area contributed by atoms with E-state index >= 15 is 0 Å².